The van der Waals surface area contributed by atoms with Crippen LogP contribution in [0.25, 0.3) is 6.08 Å². The monoisotopic (exact) mass is 440 g/mol. The molecule has 0 radical (unpaired) electrons. The molecule has 3 rings (SSSR count). The van der Waals surface area contributed by atoms with Crippen molar-refractivity contribution >= 4 is 27.8 Å². The van der Waals surface area contributed by atoms with Gasteiger partial charge in [-0.05, 0) is 23.6 Å². The number of ketones is 1. The van der Waals surface area contributed by atoms with Gasteiger partial charge in [0.1, 0.15) is 0 Å². The first-order valence-electron chi connectivity index (χ1n) is 10.5. The summed E-state index contributed by atoms with van der Waals surface area (Å²) in [6.07, 6.45) is 2.78. The van der Waals surface area contributed by atoms with Gasteiger partial charge in [-0.15, -0.1) is 0 Å². The summed E-state index contributed by atoms with van der Waals surface area (Å²) in [5, 5.41) is 1.21. The van der Waals surface area contributed by atoms with Crippen molar-refractivity contribution in [3.63, 3.8) is 0 Å². The van der Waals surface area contributed by atoms with E-state index in [9.17, 15) is 18.0 Å². The van der Waals surface area contributed by atoms with Crippen molar-refractivity contribution in [2.75, 3.05) is 26.2 Å². The normalized spacial score (nSPS) is 15.3. The molecule has 1 heterocycles. The Bertz CT molecular complexity index is 1020. The quantitative estimate of drug-likeness (QED) is 0.590. The molecule has 1 aliphatic rings. The molecular formula is C24H28N2O4S. The van der Waals surface area contributed by atoms with Crippen molar-refractivity contribution in [1.29, 1.82) is 0 Å². The molecule has 0 saturated carbocycles. The highest BCUT2D eigenvalue weighted by Crippen LogP contribution is 2.14. The van der Waals surface area contributed by atoms with E-state index in [4.69, 9.17) is 0 Å². The fourth-order valence-corrected chi connectivity index (χ4v) is 4.63. The number of amides is 1. The van der Waals surface area contributed by atoms with E-state index >= 15 is 0 Å². The molecule has 0 bridgehead atoms. The molecule has 0 aromatic heterocycles. The number of rotatable bonds is 8. The van der Waals surface area contributed by atoms with E-state index in [1.54, 1.807) is 23.1 Å². The molecule has 0 N–H and O–H groups in total. The van der Waals surface area contributed by atoms with Gasteiger partial charge in [0, 0.05) is 50.0 Å². The number of benzene rings is 2. The highest BCUT2D eigenvalue weighted by molar-refractivity contribution is 7.92. The number of hydrogen-bond donors (Lipinski definition) is 0. The molecule has 1 aliphatic heterocycles. The molecule has 1 amide bonds. The molecule has 0 unspecified atom stereocenters. The Balaban J connectivity index is 1.47. The minimum absolute atomic E-state index is 0.0525. The lowest BCUT2D eigenvalue weighted by atomic mass is 10.0. The summed E-state index contributed by atoms with van der Waals surface area (Å²) in [5.74, 6) is -0.168. The zero-order chi connectivity index (χ0) is 22.3. The summed E-state index contributed by atoms with van der Waals surface area (Å²) >= 11 is 0. The summed E-state index contributed by atoms with van der Waals surface area (Å²) in [4.78, 5) is 26.5. The largest absolute Gasteiger partial charge is 0.340 e. The minimum atomic E-state index is -3.54. The second kappa shape index (κ2) is 10.5. The standard InChI is InChI=1S/C24H28N2O4S/c1-2-20-8-10-22(11-9-20)23(27)12-13-24(28)25-15-17-26(18-16-25)31(29,30)19-14-21-6-4-3-5-7-21/h3-11,14,19H,2,12-13,15-18H2,1H3/b19-14+. The van der Waals surface area contributed by atoms with Gasteiger partial charge in [-0.2, -0.15) is 4.31 Å². The molecular weight excluding hydrogens is 412 g/mol. The molecule has 0 aliphatic carbocycles. The number of Topliss-reactive ketones (excluding diaryl/α,β-unsaturated/α-hetero) is 1. The van der Waals surface area contributed by atoms with Gasteiger partial charge in [-0.25, -0.2) is 8.42 Å². The Morgan fingerprint density at radius 3 is 2.16 bits per heavy atom. The number of aryl methyl sites for hydroxylation is 1. The van der Waals surface area contributed by atoms with E-state index < -0.39 is 10.0 Å². The van der Waals surface area contributed by atoms with Crippen molar-refractivity contribution in [2.24, 2.45) is 0 Å². The molecule has 2 aromatic rings. The predicted molar refractivity (Wildman–Crippen MR) is 122 cm³/mol. The van der Waals surface area contributed by atoms with Crippen LogP contribution in [0.1, 0.15) is 41.3 Å². The van der Waals surface area contributed by atoms with Crippen LogP contribution in [0.3, 0.4) is 0 Å². The first-order valence-corrected chi connectivity index (χ1v) is 12.0. The van der Waals surface area contributed by atoms with Crippen LogP contribution >= 0.6 is 0 Å². The maximum absolute atomic E-state index is 12.5. The van der Waals surface area contributed by atoms with E-state index in [0.29, 0.717) is 18.7 Å². The number of sulfonamides is 1. The summed E-state index contributed by atoms with van der Waals surface area (Å²) in [6.45, 7) is 3.21. The van der Waals surface area contributed by atoms with Crippen LogP contribution in [0.15, 0.2) is 60.0 Å². The molecule has 164 valence electrons. The number of piperazine rings is 1. The smallest absolute Gasteiger partial charge is 0.236 e. The first-order chi connectivity index (χ1) is 14.9. The lowest BCUT2D eigenvalue weighted by Gasteiger charge is -2.33. The van der Waals surface area contributed by atoms with Gasteiger partial charge in [0.15, 0.2) is 5.78 Å². The van der Waals surface area contributed by atoms with Crippen LogP contribution in [-0.4, -0.2) is 55.5 Å². The van der Waals surface area contributed by atoms with Crippen molar-refractivity contribution in [3.8, 4) is 0 Å². The summed E-state index contributed by atoms with van der Waals surface area (Å²) in [6, 6.07) is 16.7. The molecule has 0 spiro atoms. The molecule has 6 nitrogen and oxygen atoms in total. The highest BCUT2D eigenvalue weighted by Gasteiger charge is 2.27. The third-order valence-corrected chi connectivity index (χ3v) is 7.00. The maximum atomic E-state index is 12.5. The molecule has 1 saturated heterocycles. The van der Waals surface area contributed by atoms with Gasteiger partial charge in [0.05, 0.1) is 0 Å². The predicted octanol–water partition coefficient (Wildman–Crippen LogP) is 3.36. The fraction of sp³-hybridized carbons (Fsp3) is 0.333. The Labute approximate surface area is 184 Å². The van der Waals surface area contributed by atoms with Crippen LogP contribution in [0.4, 0.5) is 0 Å². The van der Waals surface area contributed by atoms with Gasteiger partial charge >= 0.3 is 0 Å². The summed E-state index contributed by atoms with van der Waals surface area (Å²) < 4.78 is 26.5. The van der Waals surface area contributed by atoms with E-state index in [1.807, 2.05) is 42.5 Å². The third-order valence-electron chi connectivity index (χ3n) is 5.43. The van der Waals surface area contributed by atoms with E-state index in [2.05, 4.69) is 6.92 Å². The SMILES string of the molecule is CCc1ccc(C(=O)CCC(=O)N2CCN(S(=O)(=O)/C=C/c3ccccc3)CC2)cc1. The topological polar surface area (TPSA) is 74.8 Å². The van der Waals surface area contributed by atoms with Gasteiger partial charge in [-0.3, -0.25) is 9.59 Å². The van der Waals surface area contributed by atoms with Gasteiger partial charge in [0.25, 0.3) is 0 Å². The number of carbonyl (C=O) groups excluding carboxylic acids is 2. The molecule has 1 fully saturated rings. The third kappa shape index (κ3) is 6.35. The van der Waals surface area contributed by atoms with Crippen molar-refractivity contribution in [1.82, 2.24) is 9.21 Å². The molecule has 7 heteroatoms. The summed E-state index contributed by atoms with van der Waals surface area (Å²) in [7, 11) is -3.54. The van der Waals surface area contributed by atoms with Crippen LogP contribution in [0.5, 0.6) is 0 Å². The number of hydrogen-bond acceptors (Lipinski definition) is 4. The minimum Gasteiger partial charge on any atom is -0.340 e. The van der Waals surface area contributed by atoms with E-state index in [1.165, 1.54) is 15.3 Å². The molecule has 2 aromatic carbocycles. The lowest BCUT2D eigenvalue weighted by molar-refractivity contribution is -0.132. The second-order valence-electron chi connectivity index (χ2n) is 7.51. The summed E-state index contributed by atoms with van der Waals surface area (Å²) in [5.41, 5.74) is 2.60. The van der Waals surface area contributed by atoms with Crippen LogP contribution in [0, 0.1) is 0 Å². The Morgan fingerprint density at radius 2 is 1.55 bits per heavy atom. The average Bonchev–Trinajstić information content (AvgIpc) is 2.82. The van der Waals surface area contributed by atoms with E-state index in [-0.39, 0.29) is 37.6 Å². The van der Waals surface area contributed by atoms with Gasteiger partial charge in [0.2, 0.25) is 15.9 Å². The van der Waals surface area contributed by atoms with Gasteiger partial charge < -0.3 is 4.90 Å². The van der Waals surface area contributed by atoms with Crippen molar-refractivity contribution in [2.45, 2.75) is 26.2 Å². The second-order valence-corrected chi connectivity index (χ2v) is 9.33. The maximum Gasteiger partial charge on any atom is 0.236 e. The zero-order valence-corrected chi connectivity index (χ0v) is 18.6. The van der Waals surface area contributed by atoms with Crippen molar-refractivity contribution in [3.05, 3.63) is 76.7 Å². The van der Waals surface area contributed by atoms with Crippen molar-refractivity contribution < 1.29 is 18.0 Å². The Kier molecular flexibility index (Phi) is 7.76. The average molecular weight is 441 g/mol. The van der Waals surface area contributed by atoms with Crippen LogP contribution in [0.2, 0.25) is 0 Å². The number of nitrogens with zero attached hydrogens (tertiary/aromatic N) is 2. The zero-order valence-electron chi connectivity index (χ0n) is 17.7. The molecule has 31 heavy (non-hydrogen) atoms. The first kappa shape index (κ1) is 22.9. The number of carbonyl (C=O) groups is 2. The Morgan fingerprint density at radius 1 is 0.903 bits per heavy atom. The van der Waals surface area contributed by atoms with Crippen LogP contribution in [-0.2, 0) is 21.2 Å². The van der Waals surface area contributed by atoms with Gasteiger partial charge in [-0.1, -0.05) is 61.5 Å². The highest BCUT2D eigenvalue weighted by atomic mass is 32.2. The van der Waals surface area contributed by atoms with E-state index in [0.717, 1.165) is 12.0 Å². The Hall–Kier alpha value is -2.77. The van der Waals surface area contributed by atoms with Crippen LogP contribution < -0.4 is 0 Å². The fourth-order valence-electron chi connectivity index (χ4n) is 3.46. The molecule has 0 atom stereocenters. The lowest BCUT2D eigenvalue weighted by Crippen LogP contribution is -2.50.